The lowest BCUT2D eigenvalue weighted by atomic mass is 9.79. The number of hydrogen-bond donors (Lipinski definition) is 1. The molecule has 1 unspecified atom stereocenters. The van der Waals surface area contributed by atoms with Gasteiger partial charge in [-0.15, -0.1) is 6.42 Å². The molecule has 1 saturated carbocycles. The standard InChI is InChI=1S/C11H16N2O/c1-2-11(14)13-6-8-3-4-10(12)5-9(8)7-13/h1,8-10H,3-7,12H2/t8-,9+,10?/m1/s1. The van der Waals surface area contributed by atoms with Gasteiger partial charge in [-0.25, -0.2) is 0 Å². The molecule has 1 amide bonds. The van der Waals surface area contributed by atoms with Crippen LogP contribution in [0.25, 0.3) is 0 Å². The van der Waals surface area contributed by atoms with Crippen molar-refractivity contribution in [3.8, 4) is 12.3 Å². The molecule has 3 atom stereocenters. The van der Waals surface area contributed by atoms with E-state index in [9.17, 15) is 4.79 Å². The minimum Gasteiger partial charge on any atom is -0.331 e. The molecular formula is C11H16N2O. The Morgan fingerprint density at radius 1 is 1.36 bits per heavy atom. The number of amides is 1. The number of nitrogens with zero attached hydrogens (tertiary/aromatic N) is 1. The van der Waals surface area contributed by atoms with Gasteiger partial charge in [-0.05, 0) is 37.0 Å². The van der Waals surface area contributed by atoms with Crippen molar-refractivity contribution in [2.24, 2.45) is 17.6 Å². The molecule has 0 bridgehead atoms. The number of terminal acetylenes is 1. The molecule has 0 spiro atoms. The summed E-state index contributed by atoms with van der Waals surface area (Å²) in [5.41, 5.74) is 5.90. The Hall–Kier alpha value is -1.01. The van der Waals surface area contributed by atoms with Gasteiger partial charge in [0, 0.05) is 19.1 Å². The predicted molar refractivity (Wildman–Crippen MR) is 54.2 cm³/mol. The molecule has 1 aliphatic heterocycles. The SMILES string of the molecule is C#CC(=O)N1C[C@H]2CCC(N)C[C@H]2C1. The van der Waals surface area contributed by atoms with E-state index in [1.54, 1.807) is 4.90 Å². The van der Waals surface area contributed by atoms with Crippen LogP contribution in [0, 0.1) is 24.2 Å². The van der Waals surface area contributed by atoms with Crippen molar-refractivity contribution in [2.45, 2.75) is 25.3 Å². The van der Waals surface area contributed by atoms with Gasteiger partial charge < -0.3 is 10.6 Å². The number of rotatable bonds is 0. The van der Waals surface area contributed by atoms with Gasteiger partial charge in [-0.3, -0.25) is 4.79 Å². The summed E-state index contributed by atoms with van der Waals surface area (Å²) in [4.78, 5) is 13.1. The lowest BCUT2D eigenvalue weighted by Crippen LogP contribution is -2.32. The van der Waals surface area contributed by atoms with E-state index in [4.69, 9.17) is 12.2 Å². The van der Waals surface area contributed by atoms with Crippen molar-refractivity contribution in [3.63, 3.8) is 0 Å². The van der Waals surface area contributed by atoms with E-state index in [2.05, 4.69) is 5.92 Å². The van der Waals surface area contributed by atoms with Crippen LogP contribution in [-0.4, -0.2) is 29.9 Å². The van der Waals surface area contributed by atoms with Gasteiger partial charge in [-0.1, -0.05) is 0 Å². The molecule has 2 N–H and O–H groups in total. The lowest BCUT2D eigenvalue weighted by molar-refractivity contribution is -0.124. The van der Waals surface area contributed by atoms with Crippen molar-refractivity contribution in [1.82, 2.24) is 4.90 Å². The van der Waals surface area contributed by atoms with Gasteiger partial charge >= 0.3 is 0 Å². The summed E-state index contributed by atoms with van der Waals surface area (Å²) in [5, 5.41) is 0. The Kier molecular flexibility index (Phi) is 2.47. The zero-order valence-corrected chi connectivity index (χ0v) is 8.28. The molecule has 76 valence electrons. The number of hydrogen-bond acceptors (Lipinski definition) is 2. The smallest absolute Gasteiger partial charge is 0.298 e. The van der Waals surface area contributed by atoms with Crippen LogP contribution in [0.2, 0.25) is 0 Å². The molecule has 2 rings (SSSR count). The van der Waals surface area contributed by atoms with E-state index in [1.165, 1.54) is 0 Å². The minimum atomic E-state index is -0.159. The molecule has 3 nitrogen and oxygen atoms in total. The third-order valence-corrected chi connectivity index (χ3v) is 3.50. The van der Waals surface area contributed by atoms with Crippen LogP contribution in [0.15, 0.2) is 0 Å². The van der Waals surface area contributed by atoms with Gasteiger partial charge in [0.05, 0.1) is 0 Å². The summed E-state index contributed by atoms with van der Waals surface area (Å²) in [5.74, 6) is 3.26. The Morgan fingerprint density at radius 2 is 2.07 bits per heavy atom. The number of carbonyl (C=O) groups is 1. The van der Waals surface area contributed by atoms with Crippen LogP contribution in [0.4, 0.5) is 0 Å². The fourth-order valence-electron chi connectivity index (χ4n) is 2.72. The molecule has 0 radical (unpaired) electrons. The molecule has 0 aromatic rings. The third kappa shape index (κ3) is 1.62. The molecule has 1 aliphatic carbocycles. The van der Waals surface area contributed by atoms with Crippen LogP contribution in [0.1, 0.15) is 19.3 Å². The van der Waals surface area contributed by atoms with Gasteiger partial charge in [-0.2, -0.15) is 0 Å². The first-order valence-corrected chi connectivity index (χ1v) is 5.22. The second-order valence-corrected chi connectivity index (χ2v) is 4.45. The van der Waals surface area contributed by atoms with Crippen LogP contribution < -0.4 is 5.73 Å². The molecule has 3 heteroatoms. The van der Waals surface area contributed by atoms with E-state index in [0.717, 1.165) is 32.4 Å². The van der Waals surface area contributed by atoms with E-state index in [-0.39, 0.29) is 5.91 Å². The van der Waals surface area contributed by atoms with Crippen LogP contribution in [-0.2, 0) is 4.79 Å². The summed E-state index contributed by atoms with van der Waals surface area (Å²) in [6, 6.07) is 0.331. The lowest BCUT2D eigenvalue weighted by Gasteiger charge is -2.27. The summed E-state index contributed by atoms with van der Waals surface area (Å²) >= 11 is 0. The number of nitrogens with two attached hydrogens (primary N) is 1. The fourth-order valence-corrected chi connectivity index (χ4v) is 2.72. The molecule has 0 aromatic carbocycles. The maximum Gasteiger partial charge on any atom is 0.298 e. The highest BCUT2D eigenvalue weighted by atomic mass is 16.2. The Morgan fingerprint density at radius 3 is 2.79 bits per heavy atom. The quantitative estimate of drug-likeness (QED) is 0.557. The highest BCUT2D eigenvalue weighted by Gasteiger charge is 2.37. The summed E-state index contributed by atoms with van der Waals surface area (Å²) in [6.45, 7) is 1.67. The molecule has 2 fully saturated rings. The Bertz CT molecular complexity index is 282. The van der Waals surface area contributed by atoms with E-state index in [0.29, 0.717) is 17.9 Å². The van der Waals surface area contributed by atoms with E-state index >= 15 is 0 Å². The van der Waals surface area contributed by atoms with Gasteiger partial charge in [0.15, 0.2) is 0 Å². The van der Waals surface area contributed by atoms with Crippen molar-refractivity contribution in [2.75, 3.05) is 13.1 Å². The van der Waals surface area contributed by atoms with Gasteiger partial charge in [0.25, 0.3) is 5.91 Å². The molecular weight excluding hydrogens is 176 g/mol. The monoisotopic (exact) mass is 192 g/mol. The molecule has 14 heavy (non-hydrogen) atoms. The van der Waals surface area contributed by atoms with Crippen LogP contribution in [0.3, 0.4) is 0 Å². The normalized spacial score (nSPS) is 36.3. The molecule has 1 saturated heterocycles. The van der Waals surface area contributed by atoms with E-state index < -0.39 is 0 Å². The van der Waals surface area contributed by atoms with E-state index in [1.807, 2.05) is 0 Å². The molecule has 0 aromatic heterocycles. The van der Waals surface area contributed by atoms with Crippen molar-refractivity contribution in [3.05, 3.63) is 0 Å². The van der Waals surface area contributed by atoms with Gasteiger partial charge in [0.2, 0.25) is 0 Å². The minimum absolute atomic E-state index is 0.159. The Balaban J connectivity index is 1.99. The Labute approximate surface area is 84.6 Å². The van der Waals surface area contributed by atoms with Crippen molar-refractivity contribution >= 4 is 5.91 Å². The fraction of sp³-hybridized carbons (Fsp3) is 0.727. The highest BCUT2D eigenvalue weighted by molar-refractivity contribution is 5.93. The zero-order chi connectivity index (χ0) is 10.1. The molecule has 1 heterocycles. The maximum atomic E-state index is 11.3. The maximum absolute atomic E-state index is 11.3. The second-order valence-electron chi connectivity index (χ2n) is 4.45. The first kappa shape index (κ1) is 9.54. The number of likely N-dealkylation sites (tertiary alicyclic amines) is 1. The van der Waals surface area contributed by atoms with Crippen LogP contribution in [0.5, 0.6) is 0 Å². The average molecular weight is 192 g/mol. The van der Waals surface area contributed by atoms with Gasteiger partial charge in [0.1, 0.15) is 0 Å². The number of fused-ring (bicyclic) bond motifs is 1. The van der Waals surface area contributed by atoms with Crippen molar-refractivity contribution in [1.29, 1.82) is 0 Å². The summed E-state index contributed by atoms with van der Waals surface area (Å²) in [6.07, 6.45) is 8.41. The third-order valence-electron chi connectivity index (χ3n) is 3.50. The number of carbonyl (C=O) groups excluding carboxylic acids is 1. The summed E-state index contributed by atoms with van der Waals surface area (Å²) < 4.78 is 0. The van der Waals surface area contributed by atoms with Crippen molar-refractivity contribution < 1.29 is 4.79 Å². The summed E-state index contributed by atoms with van der Waals surface area (Å²) in [7, 11) is 0. The second kappa shape index (κ2) is 3.62. The highest BCUT2D eigenvalue weighted by Crippen LogP contribution is 2.35. The largest absolute Gasteiger partial charge is 0.331 e. The average Bonchev–Trinajstić information content (AvgIpc) is 2.59. The topological polar surface area (TPSA) is 46.3 Å². The molecule has 2 aliphatic rings. The first-order valence-electron chi connectivity index (χ1n) is 5.22. The predicted octanol–water partition coefficient (Wildman–Crippen LogP) is 0.205. The zero-order valence-electron chi connectivity index (χ0n) is 8.28. The first-order chi connectivity index (χ1) is 6.70. The van der Waals surface area contributed by atoms with Crippen LogP contribution >= 0.6 is 0 Å².